The van der Waals surface area contributed by atoms with E-state index < -0.39 is 0 Å². The molecule has 0 aliphatic heterocycles. The number of hydrogen-bond donors (Lipinski definition) is 1. The first-order valence-corrected chi connectivity index (χ1v) is 7.52. The molecule has 2 nitrogen and oxygen atoms in total. The van der Waals surface area contributed by atoms with Crippen LogP contribution in [0.3, 0.4) is 0 Å². The van der Waals surface area contributed by atoms with Crippen molar-refractivity contribution in [2.75, 3.05) is 0 Å². The molecule has 0 bridgehead atoms. The van der Waals surface area contributed by atoms with Crippen molar-refractivity contribution in [1.29, 1.82) is 0 Å². The van der Waals surface area contributed by atoms with Crippen molar-refractivity contribution in [3.8, 4) is 5.75 Å². The van der Waals surface area contributed by atoms with E-state index in [0.29, 0.717) is 5.92 Å². The molecule has 2 atom stereocenters. The van der Waals surface area contributed by atoms with E-state index in [1.807, 2.05) is 31.2 Å². The Bertz CT molecular complexity index is 505. The second-order valence-corrected chi connectivity index (χ2v) is 6.08. The van der Waals surface area contributed by atoms with Crippen molar-refractivity contribution in [2.24, 2.45) is 5.73 Å². The van der Waals surface area contributed by atoms with E-state index in [9.17, 15) is 0 Å². The monoisotopic (exact) mass is 275 g/mol. The van der Waals surface area contributed by atoms with E-state index in [0.717, 1.165) is 5.75 Å². The molecule has 102 valence electrons. The lowest BCUT2D eigenvalue weighted by Gasteiger charge is -2.24. The van der Waals surface area contributed by atoms with Gasteiger partial charge in [0, 0.05) is 10.9 Å². The second-order valence-electron chi connectivity index (χ2n) is 5.11. The van der Waals surface area contributed by atoms with Crippen LogP contribution in [-0.4, -0.2) is 6.04 Å². The SMILES string of the molecule is CC(C)c1ccccc1OC(c1cccs1)C(C)N. The maximum atomic E-state index is 6.20. The Kier molecular flexibility index (Phi) is 4.61. The van der Waals surface area contributed by atoms with Crippen LogP contribution >= 0.6 is 11.3 Å². The molecular formula is C16H21NOS. The lowest BCUT2D eigenvalue weighted by Crippen LogP contribution is -2.28. The zero-order valence-electron chi connectivity index (χ0n) is 11.7. The standard InChI is InChI=1S/C16H21NOS/c1-11(2)13-7-4-5-8-14(13)18-16(12(3)17)15-9-6-10-19-15/h4-12,16H,17H2,1-3H3. The predicted octanol–water partition coefficient (Wildman–Crippen LogP) is 4.34. The van der Waals surface area contributed by atoms with Crippen LogP contribution in [0, 0.1) is 0 Å². The van der Waals surface area contributed by atoms with Gasteiger partial charge in [-0.05, 0) is 35.9 Å². The Morgan fingerprint density at radius 2 is 1.79 bits per heavy atom. The maximum Gasteiger partial charge on any atom is 0.148 e. The number of hydrogen-bond acceptors (Lipinski definition) is 3. The normalized spacial score (nSPS) is 14.4. The van der Waals surface area contributed by atoms with Crippen LogP contribution in [0.15, 0.2) is 41.8 Å². The largest absolute Gasteiger partial charge is 0.483 e. The smallest absolute Gasteiger partial charge is 0.148 e. The third-order valence-corrected chi connectivity index (χ3v) is 4.03. The highest BCUT2D eigenvalue weighted by molar-refractivity contribution is 7.10. The summed E-state index contributed by atoms with van der Waals surface area (Å²) in [6.07, 6.45) is -0.0834. The van der Waals surface area contributed by atoms with Crippen LogP contribution in [0.4, 0.5) is 0 Å². The lowest BCUT2D eigenvalue weighted by atomic mass is 10.0. The number of thiophene rings is 1. The predicted molar refractivity (Wildman–Crippen MR) is 81.9 cm³/mol. The third-order valence-electron chi connectivity index (χ3n) is 3.10. The Morgan fingerprint density at radius 3 is 2.37 bits per heavy atom. The maximum absolute atomic E-state index is 6.20. The molecule has 2 unspecified atom stereocenters. The summed E-state index contributed by atoms with van der Waals surface area (Å²) in [5.41, 5.74) is 7.31. The molecule has 0 saturated heterocycles. The van der Waals surface area contributed by atoms with Gasteiger partial charge >= 0.3 is 0 Å². The van der Waals surface area contributed by atoms with Gasteiger partial charge in [-0.2, -0.15) is 0 Å². The zero-order valence-corrected chi connectivity index (χ0v) is 12.5. The first-order valence-electron chi connectivity index (χ1n) is 6.64. The molecule has 1 aromatic carbocycles. The average Bonchev–Trinajstić information content (AvgIpc) is 2.89. The Balaban J connectivity index is 2.28. The van der Waals surface area contributed by atoms with Gasteiger partial charge in [0.1, 0.15) is 11.9 Å². The van der Waals surface area contributed by atoms with Gasteiger partial charge in [-0.3, -0.25) is 0 Å². The molecular weight excluding hydrogens is 254 g/mol. The van der Waals surface area contributed by atoms with Gasteiger partial charge in [0.15, 0.2) is 0 Å². The molecule has 2 aromatic rings. The highest BCUT2D eigenvalue weighted by Crippen LogP contribution is 2.32. The number of nitrogens with two attached hydrogens (primary N) is 1. The molecule has 2 rings (SSSR count). The Morgan fingerprint density at radius 1 is 1.05 bits per heavy atom. The topological polar surface area (TPSA) is 35.2 Å². The molecule has 0 aliphatic rings. The van der Waals surface area contributed by atoms with Crippen molar-refractivity contribution >= 4 is 11.3 Å². The molecule has 1 heterocycles. The first kappa shape index (κ1) is 14.1. The molecule has 0 aliphatic carbocycles. The van der Waals surface area contributed by atoms with Crippen LogP contribution in [0.2, 0.25) is 0 Å². The summed E-state index contributed by atoms with van der Waals surface area (Å²) < 4.78 is 6.20. The van der Waals surface area contributed by atoms with Gasteiger partial charge in [-0.25, -0.2) is 0 Å². The minimum absolute atomic E-state index is 0.0427. The lowest BCUT2D eigenvalue weighted by molar-refractivity contribution is 0.182. The van der Waals surface area contributed by atoms with Crippen molar-refractivity contribution in [2.45, 2.75) is 38.8 Å². The fourth-order valence-electron chi connectivity index (χ4n) is 2.08. The van der Waals surface area contributed by atoms with Crippen molar-refractivity contribution in [3.63, 3.8) is 0 Å². The number of rotatable bonds is 5. The second kappa shape index (κ2) is 6.22. The number of para-hydroxylation sites is 1. The number of benzene rings is 1. The van der Waals surface area contributed by atoms with E-state index in [4.69, 9.17) is 10.5 Å². The molecule has 0 spiro atoms. The van der Waals surface area contributed by atoms with Gasteiger partial charge in [0.05, 0.1) is 0 Å². The van der Waals surface area contributed by atoms with Gasteiger partial charge in [0.25, 0.3) is 0 Å². The van der Waals surface area contributed by atoms with Gasteiger partial charge < -0.3 is 10.5 Å². The molecule has 0 fully saturated rings. The van der Waals surface area contributed by atoms with E-state index in [-0.39, 0.29) is 12.1 Å². The molecule has 2 N–H and O–H groups in total. The van der Waals surface area contributed by atoms with Crippen molar-refractivity contribution in [1.82, 2.24) is 0 Å². The summed E-state index contributed by atoms with van der Waals surface area (Å²) in [4.78, 5) is 1.17. The van der Waals surface area contributed by atoms with E-state index >= 15 is 0 Å². The van der Waals surface area contributed by atoms with Crippen LogP contribution < -0.4 is 10.5 Å². The van der Waals surface area contributed by atoms with E-state index in [2.05, 4.69) is 31.4 Å². The third kappa shape index (κ3) is 3.37. The van der Waals surface area contributed by atoms with Crippen molar-refractivity contribution < 1.29 is 4.74 Å². The molecule has 1 aromatic heterocycles. The molecule has 19 heavy (non-hydrogen) atoms. The highest BCUT2D eigenvalue weighted by Gasteiger charge is 2.20. The fourth-order valence-corrected chi connectivity index (χ4v) is 2.95. The van der Waals surface area contributed by atoms with Crippen molar-refractivity contribution in [3.05, 3.63) is 52.2 Å². The Labute approximate surface area is 119 Å². The molecule has 3 heteroatoms. The highest BCUT2D eigenvalue weighted by atomic mass is 32.1. The minimum Gasteiger partial charge on any atom is -0.483 e. The first-order chi connectivity index (χ1) is 9.09. The summed E-state index contributed by atoms with van der Waals surface area (Å²) in [6, 6.07) is 12.3. The molecule has 0 radical (unpaired) electrons. The molecule has 0 amide bonds. The fraction of sp³-hybridized carbons (Fsp3) is 0.375. The van der Waals surface area contributed by atoms with Crippen LogP contribution in [-0.2, 0) is 0 Å². The van der Waals surface area contributed by atoms with Gasteiger partial charge in [-0.1, -0.05) is 38.1 Å². The summed E-state index contributed by atoms with van der Waals surface area (Å²) in [7, 11) is 0. The average molecular weight is 275 g/mol. The summed E-state index contributed by atoms with van der Waals surface area (Å²) >= 11 is 1.69. The van der Waals surface area contributed by atoms with E-state index in [1.54, 1.807) is 11.3 Å². The molecule has 0 saturated carbocycles. The van der Waals surface area contributed by atoms with Crippen LogP contribution in [0.5, 0.6) is 5.75 Å². The van der Waals surface area contributed by atoms with E-state index in [1.165, 1.54) is 10.4 Å². The minimum atomic E-state index is -0.0834. The van der Waals surface area contributed by atoms with Gasteiger partial charge in [-0.15, -0.1) is 11.3 Å². The Hall–Kier alpha value is -1.32. The van der Waals surface area contributed by atoms with Crippen LogP contribution in [0.25, 0.3) is 0 Å². The quantitative estimate of drug-likeness (QED) is 0.881. The summed E-state index contributed by atoms with van der Waals surface area (Å²) in [5, 5.41) is 2.06. The summed E-state index contributed by atoms with van der Waals surface area (Å²) in [5.74, 6) is 1.38. The number of ether oxygens (including phenoxy) is 1. The zero-order chi connectivity index (χ0) is 13.8. The van der Waals surface area contributed by atoms with Crippen LogP contribution in [0.1, 0.15) is 43.2 Å². The van der Waals surface area contributed by atoms with Gasteiger partial charge in [0.2, 0.25) is 0 Å². The summed E-state index contributed by atoms with van der Waals surface area (Å²) in [6.45, 7) is 6.34.